The van der Waals surface area contributed by atoms with E-state index < -0.39 is 5.60 Å². The molecule has 25 heavy (non-hydrogen) atoms. The smallest absolute Gasteiger partial charge is 0.133 e. The van der Waals surface area contributed by atoms with E-state index in [1.807, 2.05) is 6.92 Å². The van der Waals surface area contributed by atoms with E-state index in [2.05, 4.69) is 6.92 Å². The molecule has 0 saturated heterocycles. The Morgan fingerprint density at radius 2 is 1.76 bits per heavy atom. The van der Waals surface area contributed by atoms with Crippen molar-refractivity contribution < 1.29 is 15.0 Å². The van der Waals surface area contributed by atoms with Crippen molar-refractivity contribution in [3.63, 3.8) is 0 Å². The molecule has 3 nitrogen and oxygen atoms in total. The Balaban J connectivity index is 1.64. The Morgan fingerprint density at radius 1 is 1.00 bits per heavy atom. The molecule has 4 rings (SSSR count). The van der Waals surface area contributed by atoms with Gasteiger partial charge in [0.2, 0.25) is 0 Å². The lowest BCUT2D eigenvalue weighted by molar-refractivity contribution is -0.171. The van der Waals surface area contributed by atoms with Crippen molar-refractivity contribution in [2.45, 2.75) is 84.2 Å². The zero-order chi connectivity index (χ0) is 18.0. The first-order valence-electron chi connectivity index (χ1n) is 10.6. The molecule has 0 spiro atoms. The third kappa shape index (κ3) is 2.48. The van der Waals surface area contributed by atoms with Gasteiger partial charge in [0, 0.05) is 12.5 Å². The lowest BCUT2D eigenvalue weighted by Crippen LogP contribution is -2.58. The van der Waals surface area contributed by atoms with Gasteiger partial charge in [-0.25, -0.2) is 0 Å². The Kier molecular flexibility index (Phi) is 4.16. The molecule has 0 aliphatic heterocycles. The number of Topliss-reactive ketones (excluding diaryl/α,β-unsaturated/α-hetero) is 1. The number of hydrogen-bond donors (Lipinski definition) is 2. The monoisotopic (exact) mass is 348 g/mol. The van der Waals surface area contributed by atoms with Crippen LogP contribution in [0.25, 0.3) is 0 Å². The number of aliphatic hydroxyl groups excluding tert-OH is 1. The number of carbonyl (C=O) groups excluding carboxylic acids is 1. The van der Waals surface area contributed by atoms with Gasteiger partial charge in [0.05, 0.1) is 5.60 Å². The number of ketones is 1. The molecular formula is C22H36O3. The Morgan fingerprint density at radius 3 is 2.44 bits per heavy atom. The minimum Gasteiger partial charge on any atom is -0.396 e. The van der Waals surface area contributed by atoms with Crippen LogP contribution in [0.1, 0.15) is 78.6 Å². The van der Waals surface area contributed by atoms with Crippen LogP contribution in [-0.2, 0) is 4.79 Å². The lowest BCUT2D eigenvalue weighted by atomic mass is 9.43. The highest BCUT2D eigenvalue weighted by Gasteiger charge is 2.62. The summed E-state index contributed by atoms with van der Waals surface area (Å²) < 4.78 is 0. The van der Waals surface area contributed by atoms with Gasteiger partial charge in [-0.2, -0.15) is 0 Å². The van der Waals surface area contributed by atoms with Crippen LogP contribution >= 0.6 is 0 Å². The van der Waals surface area contributed by atoms with Crippen LogP contribution in [0, 0.1) is 40.4 Å². The maximum atomic E-state index is 12.2. The van der Waals surface area contributed by atoms with Crippen molar-refractivity contribution >= 4 is 5.78 Å². The second-order valence-corrected chi connectivity index (χ2v) is 10.5. The summed E-state index contributed by atoms with van der Waals surface area (Å²) in [4.78, 5) is 12.2. The van der Waals surface area contributed by atoms with Crippen molar-refractivity contribution in [2.75, 3.05) is 6.61 Å². The molecule has 0 heterocycles. The highest BCUT2D eigenvalue weighted by atomic mass is 16.3. The van der Waals surface area contributed by atoms with E-state index in [4.69, 9.17) is 0 Å². The zero-order valence-electron chi connectivity index (χ0n) is 16.3. The highest BCUT2D eigenvalue weighted by molar-refractivity contribution is 5.79. The van der Waals surface area contributed by atoms with E-state index in [0.717, 1.165) is 38.5 Å². The predicted molar refractivity (Wildman–Crippen MR) is 97.9 cm³/mol. The molecule has 0 aromatic carbocycles. The van der Waals surface area contributed by atoms with Crippen LogP contribution in [-0.4, -0.2) is 28.2 Å². The van der Waals surface area contributed by atoms with Gasteiger partial charge in [-0.3, -0.25) is 4.79 Å². The van der Waals surface area contributed by atoms with Crippen molar-refractivity contribution in [1.29, 1.82) is 0 Å². The van der Waals surface area contributed by atoms with E-state index in [0.29, 0.717) is 29.5 Å². The predicted octanol–water partition coefficient (Wildman–Crippen LogP) is 3.96. The number of carbonyl (C=O) groups is 1. The molecule has 4 aliphatic carbocycles. The number of hydrogen-bond acceptors (Lipinski definition) is 3. The van der Waals surface area contributed by atoms with E-state index in [1.54, 1.807) is 6.92 Å². The Bertz CT molecular complexity index is 555. The molecule has 142 valence electrons. The second-order valence-electron chi connectivity index (χ2n) is 10.5. The van der Waals surface area contributed by atoms with Crippen LogP contribution in [0.2, 0.25) is 0 Å². The van der Waals surface area contributed by atoms with Crippen LogP contribution in [0.4, 0.5) is 0 Å². The summed E-state index contributed by atoms with van der Waals surface area (Å²) in [5, 5.41) is 21.1. The van der Waals surface area contributed by atoms with Crippen LogP contribution < -0.4 is 0 Å². The summed E-state index contributed by atoms with van der Waals surface area (Å²) in [6.45, 7) is 6.44. The largest absolute Gasteiger partial charge is 0.396 e. The summed E-state index contributed by atoms with van der Waals surface area (Å²) in [7, 11) is 0. The maximum Gasteiger partial charge on any atom is 0.133 e. The summed E-state index contributed by atoms with van der Waals surface area (Å²) in [5.74, 6) is 3.05. The Labute approximate surface area is 152 Å². The standard InChI is InChI=1S/C22H36O3/c1-14(24)17-6-7-18-16-5-4-15-12-20(2,25)10-11-22(15,13-23)19(16)8-9-21(17,18)3/h15-19,23,25H,4-13H2,1-3H3/t15-,16+,17-,18+,19+,20-,21-,22-/m1/s1. The molecule has 0 unspecified atom stereocenters. The van der Waals surface area contributed by atoms with Gasteiger partial charge in [-0.1, -0.05) is 6.92 Å². The van der Waals surface area contributed by atoms with E-state index >= 15 is 0 Å². The van der Waals surface area contributed by atoms with Gasteiger partial charge in [0.25, 0.3) is 0 Å². The van der Waals surface area contributed by atoms with E-state index in [-0.39, 0.29) is 23.4 Å². The normalized spacial score (nSPS) is 55.2. The molecule has 3 heteroatoms. The van der Waals surface area contributed by atoms with Crippen LogP contribution in [0.5, 0.6) is 0 Å². The molecule has 0 aromatic heterocycles. The van der Waals surface area contributed by atoms with Gasteiger partial charge in [0.1, 0.15) is 5.78 Å². The van der Waals surface area contributed by atoms with Gasteiger partial charge in [0.15, 0.2) is 0 Å². The zero-order valence-corrected chi connectivity index (χ0v) is 16.3. The minimum absolute atomic E-state index is 0.0286. The molecule has 0 amide bonds. The topological polar surface area (TPSA) is 57.5 Å². The lowest BCUT2D eigenvalue weighted by Gasteiger charge is -2.62. The molecule has 8 atom stereocenters. The molecule has 0 aromatic rings. The average molecular weight is 349 g/mol. The molecule has 2 N–H and O–H groups in total. The number of fused-ring (bicyclic) bond motifs is 5. The van der Waals surface area contributed by atoms with Crippen molar-refractivity contribution in [2.24, 2.45) is 40.4 Å². The Hall–Kier alpha value is -0.410. The van der Waals surface area contributed by atoms with Gasteiger partial charge in [-0.15, -0.1) is 0 Å². The average Bonchev–Trinajstić information content (AvgIpc) is 2.91. The van der Waals surface area contributed by atoms with Crippen molar-refractivity contribution in [1.82, 2.24) is 0 Å². The molecule has 0 radical (unpaired) electrons. The van der Waals surface area contributed by atoms with Crippen LogP contribution in [0.3, 0.4) is 0 Å². The number of aliphatic hydroxyl groups is 2. The maximum absolute atomic E-state index is 12.2. The fraction of sp³-hybridized carbons (Fsp3) is 0.955. The van der Waals surface area contributed by atoms with Gasteiger partial charge >= 0.3 is 0 Å². The fourth-order valence-corrected chi connectivity index (χ4v) is 8.21. The first-order valence-corrected chi connectivity index (χ1v) is 10.6. The quantitative estimate of drug-likeness (QED) is 0.794. The third-order valence-electron chi connectivity index (χ3n) is 9.44. The van der Waals surface area contributed by atoms with E-state index in [1.165, 1.54) is 19.3 Å². The summed E-state index contributed by atoms with van der Waals surface area (Å²) in [5.41, 5.74) is -0.329. The molecule has 0 bridgehead atoms. The molecule has 4 fully saturated rings. The van der Waals surface area contributed by atoms with Crippen LogP contribution in [0.15, 0.2) is 0 Å². The fourth-order valence-electron chi connectivity index (χ4n) is 8.21. The third-order valence-corrected chi connectivity index (χ3v) is 9.44. The molecule has 4 aliphatic rings. The highest BCUT2D eigenvalue weighted by Crippen LogP contribution is 2.68. The van der Waals surface area contributed by atoms with Crippen molar-refractivity contribution in [3.05, 3.63) is 0 Å². The minimum atomic E-state index is -0.549. The van der Waals surface area contributed by atoms with Gasteiger partial charge in [-0.05, 0) is 106 Å². The summed E-state index contributed by atoms with van der Waals surface area (Å²) >= 11 is 0. The molecular weight excluding hydrogens is 312 g/mol. The first kappa shape index (κ1) is 18.0. The first-order chi connectivity index (χ1) is 11.7. The summed E-state index contributed by atoms with van der Waals surface area (Å²) in [6, 6.07) is 0. The van der Waals surface area contributed by atoms with Gasteiger partial charge < -0.3 is 10.2 Å². The SMILES string of the molecule is CC(=O)[C@H]1CC[C@H]2[C@@H]3CC[C@@H]4C[C@](C)(O)CC[C@]4(CO)[C@H]3CC[C@]12C. The number of rotatable bonds is 2. The van der Waals surface area contributed by atoms with E-state index in [9.17, 15) is 15.0 Å². The summed E-state index contributed by atoms with van der Waals surface area (Å²) in [6.07, 6.45) is 9.62. The molecule has 4 saturated carbocycles. The second kappa shape index (κ2) is 5.79. The van der Waals surface area contributed by atoms with Crippen molar-refractivity contribution in [3.8, 4) is 0 Å².